The van der Waals surface area contributed by atoms with Crippen LogP contribution in [0, 0.1) is 0 Å². The van der Waals surface area contributed by atoms with Crippen molar-refractivity contribution in [1.82, 2.24) is 9.78 Å². The molecule has 1 aliphatic heterocycles. The van der Waals surface area contributed by atoms with Gasteiger partial charge in [-0.25, -0.2) is 9.48 Å². The normalized spacial score (nSPS) is 14.7. The van der Waals surface area contributed by atoms with E-state index < -0.39 is 5.97 Å². The predicted octanol–water partition coefficient (Wildman–Crippen LogP) is 3.62. The van der Waals surface area contributed by atoms with Crippen molar-refractivity contribution >= 4 is 11.8 Å². The quantitative estimate of drug-likeness (QED) is 0.888. The SMILES string of the molecule is CC(C)(C)c1nn(-c2cccc(C(=O)O)c2)c2c1CCCCN2. The zero-order chi connectivity index (χ0) is 16.6. The standard InChI is InChI=1S/C18H23N3O2/c1-18(2,3)15-14-9-4-5-10-19-16(14)21(20-15)13-8-6-7-12(11-13)17(22)23/h6-8,11,19H,4-5,9-10H2,1-3H3,(H,22,23). The fraction of sp³-hybridized carbons (Fsp3) is 0.444. The number of fused-ring (bicyclic) bond motifs is 1. The van der Waals surface area contributed by atoms with Crippen LogP contribution >= 0.6 is 0 Å². The van der Waals surface area contributed by atoms with Crippen molar-refractivity contribution in [2.45, 2.75) is 45.4 Å². The molecule has 5 nitrogen and oxygen atoms in total. The van der Waals surface area contributed by atoms with Crippen molar-refractivity contribution in [2.24, 2.45) is 0 Å². The number of rotatable bonds is 2. The van der Waals surface area contributed by atoms with E-state index in [0.717, 1.165) is 43.0 Å². The average molecular weight is 313 g/mol. The van der Waals surface area contributed by atoms with E-state index in [1.165, 1.54) is 5.56 Å². The lowest BCUT2D eigenvalue weighted by Crippen LogP contribution is -2.15. The molecule has 0 bridgehead atoms. The summed E-state index contributed by atoms with van der Waals surface area (Å²) in [5.74, 6) is 0.0871. The summed E-state index contributed by atoms with van der Waals surface area (Å²) in [5, 5.41) is 17.6. The molecule has 1 aliphatic rings. The molecule has 23 heavy (non-hydrogen) atoms. The van der Waals surface area contributed by atoms with Gasteiger partial charge in [-0.15, -0.1) is 0 Å². The van der Waals surface area contributed by atoms with Gasteiger partial charge in [0, 0.05) is 17.5 Å². The molecule has 0 atom stereocenters. The van der Waals surface area contributed by atoms with E-state index in [4.69, 9.17) is 5.10 Å². The molecule has 1 aromatic heterocycles. The molecule has 2 N–H and O–H groups in total. The molecule has 0 saturated carbocycles. The van der Waals surface area contributed by atoms with Gasteiger partial charge in [0.05, 0.1) is 16.9 Å². The van der Waals surface area contributed by atoms with Crippen LogP contribution in [-0.4, -0.2) is 27.4 Å². The Balaban J connectivity index is 2.18. The van der Waals surface area contributed by atoms with Gasteiger partial charge in [-0.2, -0.15) is 5.10 Å². The van der Waals surface area contributed by atoms with E-state index in [2.05, 4.69) is 26.1 Å². The topological polar surface area (TPSA) is 67.2 Å². The molecule has 0 aliphatic carbocycles. The second-order valence-electron chi connectivity index (χ2n) is 7.08. The van der Waals surface area contributed by atoms with Crippen LogP contribution in [0.4, 0.5) is 5.82 Å². The van der Waals surface area contributed by atoms with Crippen LogP contribution < -0.4 is 5.32 Å². The fourth-order valence-corrected chi connectivity index (χ4v) is 3.06. The van der Waals surface area contributed by atoms with Gasteiger partial charge in [0.15, 0.2) is 0 Å². The Hall–Kier alpha value is -2.30. The molecule has 0 amide bonds. The second kappa shape index (κ2) is 5.72. The summed E-state index contributed by atoms with van der Waals surface area (Å²) >= 11 is 0. The number of nitrogens with zero attached hydrogens (tertiary/aromatic N) is 2. The van der Waals surface area contributed by atoms with Crippen LogP contribution in [0.1, 0.15) is 55.2 Å². The summed E-state index contributed by atoms with van der Waals surface area (Å²) in [6, 6.07) is 6.94. The molecular weight excluding hydrogens is 290 g/mol. The second-order valence-corrected chi connectivity index (χ2v) is 7.08. The molecule has 0 saturated heterocycles. The van der Waals surface area contributed by atoms with Gasteiger partial charge in [-0.05, 0) is 37.5 Å². The number of carboxylic acids is 1. The van der Waals surface area contributed by atoms with Crippen molar-refractivity contribution in [3.8, 4) is 5.69 Å². The molecule has 2 heterocycles. The Bertz CT molecular complexity index is 741. The summed E-state index contributed by atoms with van der Waals surface area (Å²) in [6.45, 7) is 7.41. The van der Waals surface area contributed by atoms with Crippen molar-refractivity contribution in [2.75, 3.05) is 11.9 Å². The average Bonchev–Trinajstić information content (AvgIpc) is 2.70. The minimum absolute atomic E-state index is 0.0498. The highest BCUT2D eigenvalue weighted by atomic mass is 16.4. The molecule has 2 aromatic rings. The number of anilines is 1. The maximum Gasteiger partial charge on any atom is 0.335 e. The van der Waals surface area contributed by atoms with Crippen molar-refractivity contribution in [1.29, 1.82) is 0 Å². The number of nitrogens with one attached hydrogen (secondary N) is 1. The van der Waals surface area contributed by atoms with Gasteiger partial charge < -0.3 is 10.4 Å². The first-order valence-corrected chi connectivity index (χ1v) is 8.08. The van der Waals surface area contributed by atoms with Gasteiger partial charge in [0.1, 0.15) is 5.82 Å². The Morgan fingerprint density at radius 3 is 2.78 bits per heavy atom. The molecule has 0 unspecified atom stereocenters. The maximum atomic E-state index is 11.2. The van der Waals surface area contributed by atoms with E-state index in [0.29, 0.717) is 0 Å². The Morgan fingerprint density at radius 2 is 2.09 bits per heavy atom. The zero-order valence-electron chi connectivity index (χ0n) is 13.9. The molecule has 5 heteroatoms. The van der Waals surface area contributed by atoms with E-state index in [1.807, 2.05) is 10.7 Å². The number of hydrogen-bond donors (Lipinski definition) is 2. The smallest absolute Gasteiger partial charge is 0.335 e. The van der Waals surface area contributed by atoms with E-state index >= 15 is 0 Å². The number of aromatic carboxylic acids is 1. The van der Waals surface area contributed by atoms with E-state index in [-0.39, 0.29) is 11.0 Å². The lowest BCUT2D eigenvalue weighted by molar-refractivity contribution is 0.0697. The number of carbonyl (C=O) groups is 1. The zero-order valence-corrected chi connectivity index (χ0v) is 13.9. The van der Waals surface area contributed by atoms with E-state index in [1.54, 1.807) is 18.2 Å². The lowest BCUT2D eigenvalue weighted by Gasteiger charge is -2.17. The van der Waals surface area contributed by atoms with Crippen molar-refractivity contribution in [3.05, 3.63) is 41.1 Å². The highest BCUT2D eigenvalue weighted by Crippen LogP contribution is 2.34. The van der Waals surface area contributed by atoms with Crippen molar-refractivity contribution < 1.29 is 9.90 Å². The number of aromatic nitrogens is 2. The molecule has 1 aromatic carbocycles. The maximum absolute atomic E-state index is 11.2. The molecular formula is C18H23N3O2. The number of hydrogen-bond acceptors (Lipinski definition) is 3. The number of benzene rings is 1. The Labute approximate surface area is 136 Å². The summed E-state index contributed by atoms with van der Waals surface area (Å²) in [6.07, 6.45) is 3.28. The summed E-state index contributed by atoms with van der Waals surface area (Å²) in [7, 11) is 0. The Kier molecular flexibility index (Phi) is 3.88. The molecule has 0 fully saturated rings. The van der Waals surface area contributed by atoms with E-state index in [9.17, 15) is 9.90 Å². The highest BCUT2D eigenvalue weighted by Gasteiger charge is 2.28. The van der Waals surface area contributed by atoms with Gasteiger partial charge in [0.2, 0.25) is 0 Å². The minimum atomic E-state index is -0.922. The lowest BCUT2D eigenvalue weighted by atomic mass is 9.88. The van der Waals surface area contributed by atoms with Gasteiger partial charge in [-0.1, -0.05) is 26.8 Å². The first-order valence-electron chi connectivity index (χ1n) is 8.08. The highest BCUT2D eigenvalue weighted by molar-refractivity contribution is 5.88. The summed E-state index contributed by atoms with van der Waals surface area (Å²) < 4.78 is 1.87. The third-order valence-electron chi connectivity index (χ3n) is 4.18. The van der Waals surface area contributed by atoms with Gasteiger partial charge in [0.25, 0.3) is 0 Å². The third kappa shape index (κ3) is 2.96. The first-order chi connectivity index (χ1) is 10.9. The van der Waals surface area contributed by atoms with Crippen LogP contribution in [0.25, 0.3) is 5.69 Å². The first kappa shape index (κ1) is 15.6. The van der Waals surface area contributed by atoms with Crippen LogP contribution in [0.2, 0.25) is 0 Å². The number of carboxylic acid groups (broad SMARTS) is 1. The van der Waals surface area contributed by atoms with Crippen LogP contribution in [0.3, 0.4) is 0 Å². The van der Waals surface area contributed by atoms with Gasteiger partial charge >= 0.3 is 5.97 Å². The molecule has 3 rings (SSSR count). The molecule has 0 spiro atoms. The summed E-state index contributed by atoms with van der Waals surface area (Å²) in [4.78, 5) is 11.2. The fourth-order valence-electron chi connectivity index (χ4n) is 3.06. The predicted molar refractivity (Wildman–Crippen MR) is 90.7 cm³/mol. The molecule has 122 valence electrons. The summed E-state index contributed by atoms with van der Waals surface area (Å²) in [5.41, 5.74) is 3.35. The van der Waals surface area contributed by atoms with Gasteiger partial charge in [-0.3, -0.25) is 0 Å². The Morgan fingerprint density at radius 1 is 1.30 bits per heavy atom. The van der Waals surface area contributed by atoms with Crippen LogP contribution in [0.15, 0.2) is 24.3 Å². The largest absolute Gasteiger partial charge is 0.478 e. The van der Waals surface area contributed by atoms with Crippen molar-refractivity contribution in [3.63, 3.8) is 0 Å². The van der Waals surface area contributed by atoms with Crippen LogP contribution in [-0.2, 0) is 11.8 Å². The van der Waals surface area contributed by atoms with Crippen LogP contribution in [0.5, 0.6) is 0 Å². The monoisotopic (exact) mass is 313 g/mol. The third-order valence-corrected chi connectivity index (χ3v) is 4.18. The minimum Gasteiger partial charge on any atom is -0.478 e. The molecule has 0 radical (unpaired) electrons.